The molecule has 3 atom stereocenters. The van der Waals surface area contributed by atoms with E-state index < -0.39 is 0 Å². The molecule has 1 aliphatic rings. The average Bonchev–Trinajstić information content (AvgIpc) is 2.81. The van der Waals surface area contributed by atoms with E-state index >= 15 is 0 Å². The Kier molecular flexibility index (Phi) is 5.44. The van der Waals surface area contributed by atoms with Gasteiger partial charge in [-0.15, -0.1) is 11.3 Å². The largest absolute Gasteiger partial charge is 0.345 e. The number of piperidine rings is 1. The zero-order chi connectivity index (χ0) is 14.7. The van der Waals surface area contributed by atoms with E-state index in [1.807, 2.05) is 11.3 Å². The lowest BCUT2D eigenvalue weighted by Crippen LogP contribution is -2.42. The number of rotatable bonds is 5. The SMILES string of the molecule is CCCNC(C)c1sc(N2CCCC(C)C2C)nc1C. The van der Waals surface area contributed by atoms with E-state index in [0.717, 1.165) is 19.0 Å². The van der Waals surface area contributed by atoms with Crippen LogP contribution in [0.5, 0.6) is 0 Å². The summed E-state index contributed by atoms with van der Waals surface area (Å²) in [7, 11) is 0. The fourth-order valence-electron chi connectivity index (χ4n) is 2.98. The third kappa shape index (κ3) is 3.34. The summed E-state index contributed by atoms with van der Waals surface area (Å²) in [5, 5.41) is 4.80. The first-order chi connectivity index (χ1) is 9.54. The maximum atomic E-state index is 4.85. The van der Waals surface area contributed by atoms with E-state index in [1.165, 1.54) is 35.0 Å². The Bertz CT molecular complexity index is 429. The lowest BCUT2D eigenvalue weighted by Gasteiger charge is -2.37. The second-order valence-corrected chi connectivity index (χ2v) is 7.18. The molecule has 0 amide bonds. The number of anilines is 1. The average molecular weight is 295 g/mol. The smallest absolute Gasteiger partial charge is 0.186 e. The van der Waals surface area contributed by atoms with Gasteiger partial charge in [0.1, 0.15) is 0 Å². The number of aromatic nitrogens is 1. The molecule has 3 nitrogen and oxygen atoms in total. The van der Waals surface area contributed by atoms with Crippen molar-refractivity contribution in [2.75, 3.05) is 18.0 Å². The number of nitrogens with one attached hydrogen (secondary N) is 1. The first-order valence-corrected chi connectivity index (χ1v) is 8.83. The van der Waals surface area contributed by atoms with Crippen molar-refractivity contribution >= 4 is 16.5 Å². The molecule has 20 heavy (non-hydrogen) atoms. The summed E-state index contributed by atoms with van der Waals surface area (Å²) >= 11 is 1.88. The van der Waals surface area contributed by atoms with Crippen molar-refractivity contribution in [2.45, 2.75) is 66.0 Å². The van der Waals surface area contributed by atoms with Crippen molar-refractivity contribution < 1.29 is 0 Å². The monoisotopic (exact) mass is 295 g/mol. The van der Waals surface area contributed by atoms with Crippen molar-refractivity contribution in [2.24, 2.45) is 5.92 Å². The van der Waals surface area contributed by atoms with Gasteiger partial charge in [-0.3, -0.25) is 0 Å². The highest BCUT2D eigenvalue weighted by Gasteiger charge is 2.27. The predicted molar refractivity (Wildman–Crippen MR) is 88.8 cm³/mol. The molecule has 3 unspecified atom stereocenters. The Hall–Kier alpha value is -0.610. The molecule has 0 aromatic carbocycles. The number of hydrogen-bond acceptors (Lipinski definition) is 4. The zero-order valence-electron chi connectivity index (χ0n) is 13.6. The molecule has 4 heteroatoms. The van der Waals surface area contributed by atoms with Crippen LogP contribution in [0.4, 0.5) is 5.13 Å². The summed E-state index contributed by atoms with van der Waals surface area (Å²) in [4.78, 5) is 8.77. The Morgan fingerprint density at radius 2 is 2.20 bits per heavy atom. The van der Waals surface area contributed by atoms with Gasteiger partial charge < -0.3 is 10.2 Å². The van der Waals surface area contributed by atoms with E-state index in [-0.39, 0.29) is 0 Å². The van der Waals surface area contributed by atoms with Crippen LogP contribution in [0.15, 0.2) is 0 Å². The van der Waals surface area contributed by atoms with E-state index in [9.17, 15) is 0 Å². The molecule has 0 saturated carbocycles. The number of thiazole rings is 1. The first kappa shape index (κ1) is 15.8. The molecule has 114 valence electrons. The van der Waals surface area contributed by atoms with Gasteiger partial charge in [-0.1, -0.05) is 13.8 Å². The van der Waals surface area contributed by atoms with Gasteiger partial charge in [0.2, 0.25) is 0 Å². The summed E-state index contributed by atoms with van der Waals surface area (Å²) < 4.78 is 0. The first-order valence-electron chi connectivity index (χ1n) is 8.02. The van der Waals surface area contributed by atoms with Crippen molar-refractivity contribution in [3.63, 3.8) is 0 Å². The molecule has 0 radical (unpaired) electrons. The van der Waals surface area contributed by atoms with Crippen molar-refractivity contribution in [1.82, 2.24) is 10.3 Å². The lowest BCUT2D eigenvalue weighted by atomic mass is 9.93. The molecular weight excluding hydrogens is 266 g/mol. The van der Waals surface area contributed by atoms with E-state index in [0.29, 0.717) is 12.1 Å². The molecule has 0 aliphatic carbocycles. The highest BCUT2D eigenvalue weighted by atomic mass is 32.1. The van der Waals surface area contributed by atoms with Gasteiger partial charge in [0.25, 0.3) is 0 Å². The van der Waals surface area contributed by atoms with Gasteiger partial charge in [0.15, 0.2) is 5.13 Å². The van der Waals surface area contributed by atoms with Gasteiger partial charge >= 0.3 is 0 Å². The summed E-state index contributed by atoms with van der Waals surface area (Å²) in [6.45, 7) is 13.6. The van der Waals surface area contributed by atoms with E-state index in [2.05, 4.69) is 44.8 Å². The summed E-state index contributed by atoms with van der Waals surface area (Å²) in [6, 6.07) is 1.03. The molecule has 0 spiro atoms. The van der Waals surface area contributed by atoms with Crippen LogP contribution in [0.1, 0.15) is 63.6 Å². The molecule has 1 aliphatic heterocycles. The van der Waals surface area contributed by atoms with Crippen LogP contribution in [0.3, 0.4) is 0 Å². The second kappa shape index (κ2) is 6.90. The normalized spacial score (nSPS) is 24.9. The minimum absolute atomic E-state index is 0.415. The fourth-order valence-corrected chi connectivity index (χ4v) is 4.18. The topological polar surface area (TPSA) is 28.2 Å². The van der Waals surface area contributed by atoms with Crippen molar-refractivity contribution in [3.05, 3.63) is 10.6 Å². The maximum Gasteiger partial charge on any atom is 0.186 e. The Morgan fingerprint density at radius 1 is 1.45 bits per heavy atom. The molecule has 2 heterocycles. The number of nitrogens with zero attached hydrogens (tertiary/aromatic N) is 2. The van der Waals surface area contributed by atoms with Crippen LogP contribution in [0, 0.1) is 12.8 Å². The lowest BCUT2D eigenvalue weighted by molar-refractivity contribution is 0.363. The minimum atomic E-state index is 0.415. The minimum Gasteiger partial charge on any atom is -0.345 e. The van der Waals surface area contributed by atoms with Crippen molar-refractivity contribution in [1.29, 1.82) is 0 Å². The van der Waals surface area contributed by atoms with Crippen LogP contribution in [-0.2, 0) is 0 Å². The standard InChI is InChI=1S/C16H29N3S/c1-6-9-17-12(3)15-13(4)18-16(20-15)19-10-7-8-11(2)14(19)5/h11-12,14,17H,6-10H2,1-5H3. The molecular formula is C16H29N3S. The van der Waals surface area contributed by atoms with Crippen LogP contribution in [0.2, 0.25) is 0 Å². The Labute approximate surface area is 127 Å². The molecule has 1 N–H and O–H groups in total. The Balaban J connectivity index is 2.13. The zero-order valence-corrected chi connectivity index (χ0v) is 14.4. The number of aryl methyl sites for hydroxylation is 1. The van der Waals surface area contributed by atoms with Gasteiger partial charge in [-0.05, 0) is 52.5 Å². The predicted octanol–water partition coefficient (Wildman–Crippen LogP) is 4.14. The molecule has 1 fully saturated rings. The second-order valence-electron chi connectivity index (χ2n) is 6.18. The van der Waals surface area contributed by atoms with E-state index in [4.69, 9.17) is 4.98 Å². The quantitative estimate of drug-likeness (QED) is 0.885. The van der Waals surface area contributed by atoms with Crippen LogP contribution in [0.25, 0.3) is 0 Å². The van der Waals surface area contributed by atoms with Gasteiger partial charge in [0, 0.05) is 23.5 Å². The van der Waals surface area contributed by atoms with Gasteiger partial charge in [-0.25, -0.2) is 4.98 Å². The summed E-state index contributed by atoms with van der Waals surface area (Å²) in [6.07, 6.45) is 3.82. The third-order valence-electron chi connectivity index (χ3n) is 4.53. The Morgan fingerprint density at radius 3 is 2.90 bits per heavy atom. The fraction of sp³-hybridized carbons (Fsp3) is 0.812. The third-order valence-corrected chi connectivity index (χ3v) is 5.91. The maximum absolute atomic E-state index is 4.85. The summed E-state index contributed by atoms with van der Waals surface area (Å²) in [5.74, 6) is 0.770. The summed E-state index contributed by atoms with van der Waals surface area (Å²) in [5.41, 5.74) is 1.20. The molecule has 1 aromatic heterocycles. The van der Waals surface area contributed by atoms with Gasteiger partial charge in [-0.2, -0.15) is 0 Å². The van der Waals surface area contributed by atoms with E-state index in [1.54, 1.807) is 0 Å². The number of hydrogen-bond donors (Lipinski definition) is 1. The highest BCUT2D eigenvalue weighted by Crippen LogP contribution is 2.35. The van der Waals surface area contributed by atoms with Crippen LogP contribution < -0.4 is 10.2 Å². The van der Waals surface area contributed by atoms with Crippen LogP contribution in [-0.4, -0.2) is 24.1 Å². The van der Waals surface area contributed by atoms with Crippen LogP contribution >= 0.6 is 11.3 Å². The molecule has 0 bridgehead atoms. The molecule has 1 saturated heterocycles. The molecule has 1 aromatic rings. The van der Waals surface area contributed by atoms with Crippen molar-refractivity contribution in [3.8, 4) is 0 Å². The van der Waals surface area contributed by atoms with Gasteiger partial charge in [0.05, 0.1) is 5.69 Å². The molecule has 2 rings (SSSR count). The highest BCUT2D eigenvalue weighted by molar-refractivity contribution is 7.15.